The van der Waals surface area contributed by atoms with E-state index in [1.54, 1.807) is 25.1 Å². The fourth-order valence-corrected chi connectivity index (χ4v) is 4.02. The number of nitrogens with one attached hydrogen (secondary N) is 2. The Morgan fingerprint density at radius 3 is 2.62 bits per heavy atom. The predicted molar refractivity (Wildman–Crippen MR) is 118 cm³/mol. The van der Waals surface area contributed by atoms with Gasteiger partial charge >= 0.3 is 0 Å². The summed E-state index contributed by atoms with van der Waals surface area (Å²) >= 11 is 7.76. The predicted octanol–water partition coefficient (Wildman–Crippen LogP) is 4.81. The third-order valence-electron chi connectivity index (χ3n) is 4.58. The van der Waals surface area contributed by atoms with Crippen LogP contribution in [0.1, 0.15) is 35.7 Å². The minimum Gasteiger partial charge on any atom is -0.496 e. The molecule has 5 nitrogen and oxygen atoms in total. The summed E-state index contributed by atoms with van der Waals surface area (Å²) in [5, 5.41) is 6.01. The van der Waals surface area contributed by atoms with Crippen LogP contribution in [-0.4, -0.2) is 30.7 Å². The normalized spacial score (nSPS) is 14.7. The lowest BCUT2D eigenvalue weighted by Gasteiger charge is -2.18. The summed E-state index contributed by atoms with van der Waals surface area (Å²) in [5.74, 6) is 1.06. The number of benzene rings is 2. The summed E-state index contributed by atoms with van der Waals surface area (Å²) in [6, 6.07) is 14.9. The molecule has 0 saturated heterocycles. The second-order valence-electron chi connectivity index (χ2n) is 6.75. The van der Waals surface area contributed by atoms with Crippen molar-refractivity contribution >= 4 is 40.9 Å². The molecule has 0 aliphatic carbocycles. The minimum absolute atomic E-state index is 0.184. The van der Waals surface area contributed by atoms with E-state index in [0.29, 0.717) is 35.1 Å². The first-order valence-corrected chi connectivity index (χ1v) is 10.7. The van der Waals surface area contributed by atoms with Crippen LogP contribution in [0, 0.1) is 0 Å². The third-order valence-corrected chi connectivity index (χ3v) is 6.03. The van der Waals surface area contributed by atoms with Crippen molar-refractivity contribution in [2.75, 3.05) is 24.2 Å². The summed E-state index contributed by atoms with van der Waals surface area (Å²) < 4.78 is 5.42. The Balaban J connectivity index is 1.61. The summed E-state index contributed by atoms with van der Waals surface area (Å²) in [4.78, 5) is 25.5. The van der Waals surface area contributed by atoms with Gasteiger partial charge in [-0.25, -0.2) is 0 Å². The van der Waals surface area contributed by atoms with Crippen molar-refractivity contribution in [1.82, 2.24) is 5.32 Å². The van der Waals surface area contributed by atoms with Gasteiger partial charge in [0.05, 0.1) is 17.2 Å². The molecule has 1 aliphatic heterocycles. The van der Waals surface area contributed by atoms with Gasteiger partial charge in [0.2, 0.25) is 0 Å². The van der Waals surface area contributed by atoms with Crippen LogP contribution in [0.15, 0.2) is 59.2 Å². The molecule has 1 atom stereocenters. The summed E-state index contributed by atoms with van der Waals surface area (Å²) in [7, 11) is 0. The van der Waals surface area contributed by atoms with E-state index < -0.39 is 0 Å². The van der Waals surface area contributed by atoms with Crippen LogP contribution in [0.5, 0.6) is 0 Å². The fraction of sp³-hybridized carbons (Fsp3) is 0.273. The molecule has 0 radical (unpaired) electrons. The van der Waals surface area contributed by atoms with Crippen LogP contribution in [0.4, 0.5) is 5.69 Å². The van der Waals surface area contributed by atoms with Crippen molar-refractivity contribution in [2.45, 2.75) is 19.8 Å². The number of amides is 2. The molecular weight excluding hydrogens is 408 g/mol. The highest BCUT2D eigenvalue weighted by Crippen LogP contribution is 2.28. The third kappa shape index (κ3) is 5.55. The summed E-state index contributed by atoms with van der Waals surface area (Å²) in [5.41, 5.74) is 2.06. The van der Waals surface area contributed by atoms with Gasteiger partial charge in [0.1, 0.15) is 10.7 Å². The SMILES string of the molecule is CC1=C(C(=O)Nc2ccc(C(=O)NC[C@@H](C)c3ccccc3)c(Cl)c2)SCCO1. The number of ether oxygens (including phenoxy) is 1. The molecule has 0 fully saturated rings. The average molecular weight is 431 g/mol. The first-order valence-electron chi connectivity index (χ1n) is 9.36. The van der Waals surface area contributed by atoms with E-state index in [-0.39, 0.29) is 22.8 Å². The van der Waals surface area contributed by atoms with Gasteiger partial charge in [0.15, 0.2) is 0 Å². The van der Waals surface area contributed by atoms with E-state index in [1.165, 1.54) is 11.8 Å². The van der Waals surface area contributed by atoms with Gasteiger partial charge in [-0.05, 0) is 36.6 Å². The van der Waals surface area contributed by atoms with Gasteiger partial charge in [-0.1, -0.05) is 48.9 Å². The van der Waals surface area contributed by atoms with Crippen LogP contribution < -0.4 is 10.6 Å². The minimum atomic E-state index is -0.245. The fourth-order valence-electron chi connectivity index (χ4n) is 2.94. The molecule has 3 rings (SSSR count). The monoisotopic (exact) mass is 430 g/mol. The molecule has 0 spiro atoms. The molecule has 0 bridgehead atoms. The molecule has 2 aromatic carbocycles. The van der Waals surface area contributed by atoms with Gasteiger partial charge in [-0.15, -0.1) is 11.8 Å². The van der Waals surface area contributed by atoms with Crippen molar-refractivity contribution in [3.63, 3.8) is 0 Å². The number of hydrogen-bond donors (Lipinski definition) is 2. The van der Waals surface area contributed by atoms with E-state index in [9.17, 15) is 9.59 Å². The topological polar surface area (TPSA) is 67.4 Å². The number of carbonyl (C=O) groups excluding carboxylic acids is 2. The van der Waals surface area contributed by atoms with Crippen molar-refractivity contribution in [3.8, 4) is 0 Å². The van der Waals surface area contributed by atoms with Crippen molar-refractivity contribution < 1.29 is 14.3 Å². The number of thioether (sulfide) groups is 1. The first-order chi connectivity index (χ1) is 14.0. The van der Waals surface area contributed by atoms with Gasteiger partial charge in [-0.2, -0.15) is 0 Å². The second-order valence-corrected chi connectivity index (χ2v) is 8.27. The highest BCUT2D eigenvalue weighted by Gasteiger charge is 2.19. The lowest BCUT2D eigenvalue weighted by Crippen LogP contribution is -2.27. The lowest BCUT2D eigenvalue weighted by molar-refractivity contribution is -0.112. The summed E-state index contributed by atoms with van der Waals surface area (Å²) in [6.45, 7) is 4.94. The maximum absolute atomic E-state index is 12.5. The van der Waals surface area contributed by atoms with Crippen molar-refractivity contribution in [3.05, 3.63) is 75.3 Å². The number of hydrogen-bond acceptors (Lipinski definition) is 4. The van der Waals surface area contributed by atoms with Gasteiger partial charge in [0, 0.05) is 18.0 Å². The number of anilines is 1. The number of carbonyl (C=O) groups is 2. The zero-order valence-electron chi connectivity index (χ0n) is 16.3. The second kappa shape index (κ2) is 9.85. The van der Waals surface area contributed by atoms with Crippen LogP contribution in [0.25, 0.3) is 0 Å². The highest BCUT2D eigenvalue weighted by atomic mass is 35.5. The highest BCUT2D eigenvalue weighted by molar-refractivity contribution is 8.04. The van der Waals surface area contributed by atoms with Gasteiger partial charge in [-0.3, -0.25) is 9.59 Å². The number of rotatable bonds is 6. The molecular formula is C22H23ClN2O3S. The molecule has 7 heteroatoms. The molecule has 29 heavy (non-hydrogen) atoms. The van der Waals surface area contributed by atoms with Crippen LogP contribution in [-0.2, 0) is 9.53 Å². The van der Waals surface area contributed by atoms with Gasteiger partial charge in [0.25, 0.3) is 11.8 Å². The maximum atomic E-state index is 12.5. The molecule has 2 N–H and O–H groups in total. The first kappa shape index (κ1) is 21.3. The van der Waals surface area contributed by atoms with Crippen LogP contribution in [0.3, 0.4) is 0 Å². The Kier molecular flexibility index (Phi) is 7.23. The molecule has 152 valence electrons. The van der Waals surface area contributed by atoms with Gasteiger partial charge < -0.3 is 15.4 Å². The molecule has 0 saturated carbocycles. The standard InChI is InChI=1S/C22H23ClN2O3S/c1-14(16-6-4-3-5-7-16)13-24-21(26)18-9-8-17(12-19(18)23)25-22(27)20-15(2)28-10-11-29-20/h3-9,12,14H,10-11,13H2,1-2H3,(H,24,26)(H,25,27)/t14-/m1/s1. The van der Waals surface area contributed by atoms with Crippen molar-refractivity contribution in [2.24, 2.45) is 0 Å². The molecule has 0 aromatic heterocycles. The Labute approximate surface area is 179 Å². The zero-order chi connectivity index (χ0) is 20.8. The Morgan fingerprint density at radius 1 is 1.17 bits per heavy atom. The van der Waals surface area contributed by atoms with E-state index >= 15 is 0 Å². The number of allylic oxidation sites excluding steroid dienone is 1. The smallest absolute Gasteiger partial charge is 0.265 e. The van der Waals surface area contributed by atoms with Crippen LogP contribution >= 0.6 is 23.4 Å². The quantitative estimate of drug-likeness (QED) is 0.690. The number of halogens is 1. The maximum Gasteiger partial charge on any atom is 0.265 e. The zero-order valence-corrected chi connectivity index (χ0v) is 17.9. The molecule has 2 aromatic rings. The van der Waals surface area contributed by atoms with E-state index in [2.05, 4.69) is 17.6 Å². The Morgan fingerprint density at radius 2 is 1.93 bits per heavy atom. The average Bonchev–Trinajstić information content (AvgIpc) is 2.72. The van der Waals surface area contributed by atoms with E-state index in [1.807, 2.05) is 30.3 Å². The molecule has 0 unspecified atom stereocenters. The van der Waals surface area contributed by atoms with Crippen molar-refractivity contribution in [1.29, 1.82) is 0 Å². The lowest BCUT2D eigenvalue weighted by atomic mass is 10.0. The molecule has 2 amide bonds. The van der Waals surface area contributed by atoms with E-state index in [4.69, 9.17) is 16.3 Å². The molecule has 1 aliphatic rings. The Hall–Kier alpha value is -2.44. The largest absolute Gasteiger partial charge is 0.496 e. The van der Waals surface area contributed by atoms with Crippen LogP contribution in [0.2, 0.25) is 5.02 Å². The Bertz CT molecular complexity index is 931. The molecule has 1 heterocycles. The van der Waals surface area contributed by atoms with E-state index in [0.717, 1.165) is 11.3 Å². The summed E-state index contributed by atoms with van der Waals surface area (Å²) in [6.07, 6.45) is 0.